The van der Waals surface area contributed by atoms with Crippen molar-refractivity contribution in [3.63, 3.8) is 0 Å². The smallest absolute Gasteiger partial charge is 0.198 e. The van der Waals surface area contributed by atoms with Gasteiger partial charge in [0.2, 0.25) is 0 Å². The third-order valence-corrected chi connectivity index (χ3v) is 3.54. The van der Waals surface area contributed by atoms with E-state index in [1.54, 1.807) is 12.2 Å². The van der Waals surface area contributed by atoms with Crippen molar-refractivity contribution in [1.82, 2.24) is 0 Å². The average molecular weight is 309 g/mol. The Morgan fingerprint density at radius 1 is 1.09 bits per heavy atom. The van der Waals surface area contributed by atoms with Crippen molar-refractivity contribution in [1.29, 1.82) is 5.26 Å². The van der Waals surface area contributed by atoms with E-state index in [2.05, 4.69) is 13.0 Å². The van der Waals surface area contributed by atoms with Crippen molar-refractivity contribution >= 4 is 6.08 Å². The molecule has 0 bridgehead atoms. The summed E-state index contributed by atoms with van der Waals surface area (Å²) < 4.78 is 37.4. The van der Waals surface area contributed by atoms with Crippen LogP contribution in [0.1, 0.15) is 56.6 Å². The van der Waals surface area contributed by atoms with Crippen LogP contribution in [-0.4, -0.2) is 0 Å². The van der Waals surface area contributed by atoms with Crippen LogP contribution in [-0.2, 0) is 6.18 Å². The number of nitriles is 1. The Hall–Kier alpha value is -1.76. The van der Waals surface area contributed by atoms with E-state index in [1.807, 2.05) is 0 Å². The number of unbranched alkanes of at least 4 members (excludes halogenated alkanes) is 4. The molecule has 4 heteroatoms. The lowest BCUT2D eigenvalue weighted by Gasteiger charge is -2.06. The normalized spacial score (nSPS) is 13.2. The van der Waals surface area contributed by atoms with Crippen molar-refractivity contribution in [2.45, 2.75) is 51.6 Å². The Labute approximate surface area is 130 Å². The minimum atomic E-state index is -4.31. The molecule has 120 valence electrons. The fourth-order valence-electron chi connectivity index (χ4n) is 2.18. The molecule has 0 heterocycles. The van der Waals surface area contributed by atoms with Gasteiger partial charge in [0.1, 0.15) is 0 Å². The summed E-state index contributed by atoms with van der Waals surface area (Å²) in [5.41, 5.74) is 0.0247. The fourth-order valence-corrected chi connectivity index (χ4v) is 2.18. The Kier molecular flexibility index (Phi) is 7.73. The number of halogens is 3. The third-order valence-electron chi connectivity index (χ3n) is 3.54. The zero-order valence-electron chi connectivity index (χ0n) is 12.9. The monoisotopic (exact) mass is 309 g/mol. The van der Waals surface area contributed by atoms with Gasteiger partial charge in [-0.05, 0) is 24.1 Å². The van der Waals surface area contributed by atoms with Crippen LogP contribution < -0.4 is 0 Å². The van der Waals surface area contributed by atoms with E-state index in [0.29, 0.717) is 5.56 Å². The Morgan fingerprint density at radius 2 is 1.73 bits per heavy atom. The second-order valence-corrected chi connectivity index (χ2v) is 5.42. The zero-order valence-corrected chi connectivity index (χ0v) is 12.9. The topological polar surface area (TPSA) is 23.8 Å². The van der Waals surface area contributed by atoms with Crippen LogP contribution in [0.15, 0.2) is 30.3 Å². The van der Waals surface area contributed by atoms with Crippen molar-refractivity contribution in [3.8, 4) is 6.07 Å². The second kappa shape index (κ2) is 9.30. The highest BCUT2D eigenvalue weighted by Gasteiger charge is 2.29. The van der Waals surface area contributed by atoms with Crippen LogP contribution in [0.5, 0.6) is 0 Å². The Bertz CT molecular complexity index is 495. The maximum Gasteiger partial charge on any atom is 0.416 e. The molecule has 1 rings (SSSR count). The van der Waals surface area contributed by atoms with Gasteiger partial charge in [-0.2, -0.15) is 18.4 Å². The largest absolute Gasteiger partial charge is 0.416 e. The Balaban J connectivity index is 2.49. The molecule has 0 saturated heterocycles. The SMILES string of the molecule is CCCCCCC[C@H](C#N)/C=C/c1ccc(C(F)(F)F)cc1. The molecule has 0 N–H and O–H groups in total. The van der Waals surface area contributed by atoms with Crippen molar-refractivity contribution in [3.05, 3.63) is 41.5 Å². The predicted molar refractivity (Wildman–Crippen MR) is 83.0 cm³/mol. The molecule has 1 aromatic carbocycles. The standard InChI is InChI=1S/C18H22F3N/c1-2-3-4-5-6-7-16(14-22)9-8-15-10-12-17(13-11-15)18(19,20)21/h8-13,16H,2-7H2,1H3/b9-8+/t16-/m0/s1. The van der Waals surface area contributed by atoms with E-state index < -0.39 is 11.7 Å². The lowest BCUT2D eigenvalue weighted by Crippen LogP contribution is -2.04. The summed E-state index contributed by atoms with van der Waals surface area (Å²) in [6, 6.07) is 7.21. The van der Waals surface area contributed by atoms with Gasteiger partial charge in [-0.3, -0.25) is 0 Å². The molecule has 0 spiro atoms. The highest BCUT2D eigenvalue weighted by atomic mass is 19.4. The summed E-state index contributed by atoms with van der Waals surface area (Å²) in [6.45, 7) is 2.16. The highest BCUT2D eigenvalue weighted by Crippen LogP contribution is 2.29. The second-order valence-electron chi connectivity index (χ2n) is 5.42. The van der Waals surface area contributed by atoms with Gasteiger partial charge in [-0.15, -0.1) is 0 Å². The van der Waals surface area contributed by atoms with Gasteiger partial charge in [0.05, 0.1) is 17.6 Å². The van der Waals surface area contributed by atoms with Gasteiger partial charge in [0, 0.05) is 0 Å². The van der Waals surface area contributed by atoms with Crippen molar-refractivity contribution in [2.75, 3.05) is 0 Å². The molecule has 0 aliphatic heterocycles. The number of nitrogens with zero attached hydrogens (tertiary/aromatic N) is 1. The molecule has 0 radical (unpaired) electrons. The molecule has 0 saturated carbocycles. The molecular formula is C18H22F3N. The Morgan fingerprint density at radius 3 is 2.27 bits per heavy atom. The molecule has 0 aromatic heterocycles. The van der Waals surface area contributed by atoms with Crippen LogP contribution >= 0.6 is 0 Å². The number of rotatable bonds is 8. The molecule has 1 aromatic rings. The van der Waals surface area contributed by atoms with E-state index in [4.69, 9.17) is 5.26 Å². The van der Waals surface area contributed by atoms with Crippen molar-refractivity contribution < 1.29 is 13.2 Å². The molecule has 0 unspecified atom stereocenters. The van der Waals surface area contributed by atoms with E-state index >= 15 is 0 Å². The van der Waals surface area contributed by atoms with E-state index in [9.17, 15) is 13.2 Å². The van der Waals surface area contributed by atoms with E-state index in [-0.39, 0.29) is 5.92 Å². The van der Waals surface area contributed by atoms with Gasteiger partial charge < -0.3 is 0 Å². The number of alkyl halides is 3. The maximum absolute atomic E-state index is 12.5. The molecule has 22 heavy (non-hydrogen) atoms. The van der Waals surface area contributed by atoms with Crippen LogP contribution in [0.2, 0.25) is 0 Å². The number of hydrogen-bond donors (Lipinski definition) is 0. The molecule has 1 nitrogen and oxygen atoms in total. The number of hydrogen-bond acceptors (Lipinski definition) is 1. The molecule has 0 aliphatic carbocycles. The highest BCUT2D eigenvalue weighted by molar-refractivity contribution is 5.50. The first-order valence-corrected chi connectivity index (χ1v) is 7.72. The molecule has 0 aliphatic rings. The summed E-state index contributed by atoms with van der Waals surface area (Å²) in [5.74, 6) is -0.177. The van der Waals surface area contributed by atoms with Crippen LogP contribution in [0, 0.1) is 17.2 Å². The molecule has 1 atom stereocenters. The molecule has 0 fully saturated rings. The first-order chi connectivity index (χ1) is 10.5. The van der Waals surface area contributed by atoms with Crippen LogP contribution in [0.4, 0.5) is 13.2 Å². The zero-order chi connectivity index (χ0) is 16.4. The average Bonchev–Trinajstić information content (AvgIpc) is 2.49. The summed E-state index contributed by atoms with van der Waals surface area (Å²) in [5, 5.41) is 9.11. The third kappa shape index (κ3) is 6.80. The first-order valence-electron chi connectivity index (χ1n) is 7.72. The van der Waals surface area contributed by atoms with E-state index in [1.165, 1.54) is 31.4 Å². The predicted octanol–water partition coefficient (Wildman–Crippen LogP) is 6.22. The van der Waals surface area contributed by atoms with Crippen molar-refractivity contribution in [2.24, 2.45) is 5.92 Å². The number of benzene rings is 1. The van der Waals surface area contributed by atoms with Crippen LogP contribution in [0.3, 0.4) is 0 Å². The maximum atomic E-state index is 12.5. The molecular weight excluding hydrogens is 287 g/mol. The fraction of sp³-hybridized carbons (Fsp3) is 0.500. The van der Waals surface area contributed by atoms with E-state index in [0.717, 1.165) is 31.4 Å². The first kappa shape index (κ1) is 18.3. The molecule has 0 amide bonds. The number of allylic oxidation sites excluding steroid dienone is 1. The minimum absolute atomic E-state index is 0.177. The minimum Gasteiger partial charge on any atom is -0.198 e. The summed E-state index contributed by atoms with van der Waals surface area (Å²) >= 11 is 0. The summed E-state index contributed by atoms with van der Waals surface area (Å²) in [7, 11) is 0. The van der Waals surface area contributed by atoms with Gasteiger partial charge in [0.15, 0.2) is 0 Å². The van der Waals surface area contributed by atoms with Gasteiger partial charge >= 0.3 is 6.18 Å². The summed E-state index contributed by atoms with van der Waals surface area (Å²) in [4.78, 5) is 0. The summed E-state index contributed by atoms with van der Waals surface area (Å²) in [6.07, 6.45) is 5.73. The van der Waals surface area contributed by atoms with Gasteiger partial charge in [0.25, 0.3) is 0 Å². The lowest BCUT2D eigenvalue weighted by molar-refractivity contribution is -0.137. The quantitative estimate of drug-likeness (QED) is 0.523. The lowest BCUT2D eigenvalue weighted by atomic mass is 10.00. The van der Waals surface area contributed by atoms with Gasteiger partial charge in [-0.25, -0.2) is 0 Å². The van der Waals surface area contributed by atoms with Crippen LogP contribution in [0.25, 0.3) is 6.08 Å². The van der Waals surface area contributed by atoms with Gasteiger partial charge in [-0.1, -0.05) is 63.3 Å².